The third kappa shape index (κ3) is 4.10. The van der Waals surface area contributed by atoms with Crippen LogP contribution >= 0.6 is 22.6 Å². The Kier molecular flexibility index (Phi) is 5.86. The van der Waals surface area contributed by atoms with E-state index in [2.05, 4.69) is 56.6 Å². The molecular formula is C15H19IN4O. The van der Waals surface area contributed by atoms with E-state index in [1.807, 2.05) is 6.07 Å². The zero-order valence-corrected chi connectivity index (χ0v) is 14.4. The lowest BCUT2D eigenvalue weighted by atomic mass is 10.2. The number of fused-ring (bicyclic) bond motifs is 1. The van der Waals surface area contributed by atoms with Gasteiger partial charge in [-0.2, -0.15) is 0 Å². The molecule has 21 heavy (non-hydrogen) atoms. The second-order valence-electron chi connectivity index (χ2n) is 4.67. The quantitative estimate of drug-likeness (QED) is 0.762. The molecule has 5 nitrogen and oxygen atoms in total. The maximum atomic E-state index is 12.1. The predicted molar refractivity (Wildman–Crippen MR) is 92.4 cm³/mol. The van der Waals surface area contributed by atoms with Gasteiger partial charge in [0.1, 0.15) is 5.69 Å². The van der Waals surface area contributed by atoms with Crippen molar-refractivity contribution in [1.29, 1.82) is 0 Å². The van der Waals surface area contributed by atoms with Crippen molar-refractivity contribution in [1.82, 2.24) is 20.2 Å². The van der Waals surface area contributed by atoms with Crippen LogP contribution in [-0.4, -0.2) is 47.0 Å². The molecular weight excluding hydrogens is 377 g/mol. The Hall–Kier alpha value is -1.28. The number of hydrogen-bond donors (Lipinski definition) is 1. The highest BCUT2D eigenvalue weighted by atomic mass is 125. The molecule has 0 unspecified atom stereocenters. The van der Waals surface area contributed by atoms with Crippen LogP contribution in [0, 0.1) is 3.57 Å². The van der Waals surface area contributed by atoms with Gasteiger partial charge in [-0.1, -0.05) is 13.8 Å². The zero-order chi connectivity index (χ0) is 15.2. The van der Waals surface area contributed by atoms with E-state index in [9.17, 15) is 4.79 Å². The Morgan fingerprint density at radius 1 is 1.29 bits per heavy atom. The fraction of sp³-hybridized carbons (Fsp3) is 0.400. The van der Waals surface area contributed by atoms with E-state index in [1.165, 1.54) is 0 Å². The summed E-state index contributed by atoms with van der Waals surface area (Å²) in [6, 6.07) is 3.63. The molecule has 0 spiro atoms. The Balaban J connectivity index is 2.04. The molecule has 0 aromatic carbocycles. The number of halogens is 1. The van der Waals surface area contributed by atoms with Crippen molar-refractivity contribution < 1.29 is 4.79 Å². The average molecular weight is 396 g/mol. The number of nitrogens with zero attached hydrogens (tertiary/aromatic N) is 3. The summed E-state index contributed by atoms with van der Waals surface area (Å²) >= 11 is 2.18. The van der Waals surface area contributed by atoms with Crippen molar-refractivity contribution in [3.63, 3.8) is 0 Å². The molecule has 1 amide bonds. The van der Waals surface area contributed by atoms with Crippen LogP contribution in [0.4, 0.5) is 0 Å². The number of nitrogens with one attached hydrogen (secondary N) is 1. The fourth-order valence-electron chi connectivity index (χ4n) is 2.09. The van der Waals surface area contributed by atoms with Crippen molar-refractivity contribution in [3.8, 4) is 0 Å². The van der Waals surface area contributed by atoms with Crippen LogP contribution in [0.5, 0.6) is 0 Å². The number of carbonyl (C=O) groups is 1. The molecule has 0 aliphatic carbocycles. The molecule has 6 heteroatoms. The lowest BCUT2D eigenvalue weighted by Gasteiger charge is -2.17. The predicted octanol–water partition coefficient (Wildman–Crippen LogP) is 2.31. The first-order valence-electron chi connectivity index (χ1n) is 7.06. The van der Waals surface area contributed by atoms with Crippen LogP contribution in [0.2, 0.25) is 0 Å². The van der Waals surface area contributed by atoms with E-state index < -0.39 is 0 Å². The number of pyridine rings is 2. The Bertz CT molecular complexity index is 628. The molecule has 2 aromatic heterocycles. The van der Waals surface area contributed by atoms with Crippen molar-refractivity contribution in [2.75, 3.05) is 26.2 Å². The largest absolute Gasteiger partial charge is 0.349 e. The first-order valence-corrected chi connectivity index (χ1v) is 8.14. The smallest absolute Gasteiger partial charge is 0.269 e. The lowest BCUT2D eigenvalue weighted by molar-refractivity contribution is 0.0944. The molecule has 0 atom stereocenters. The van der Waals surface area contributed by atoms with Crippen LogP contribution in [0.3, 0.4) is 0 Å². The number of amides is 1. The van der Waals surface area contributed by atoms with Crippen LogP contribution in [-0.2, 0) is 0 Å². The van der Waals surface area contributed by atoms with E-state index in [-0.39, 0.29) is 5.91 Å². The molecule has 2 aromatic rings. The molecule has 0 aliphatic rings. The highest BCUT2D eigenvalue weighted by molar-refractivity contribution is 14.1. The van der Waals surface area contributed by atoms with Gasteiger partial charge in [-0.25, -0.2) is 4.98 Å². The SMILES string of the molecule is CCN(CC)CCNC(=O)c1ccc2cncc([125I])c2n1. The summed E-state index contributed by atoms with van der Waals surface area (Å²) in [6.45, 7) is 7.71. The first kappa shape index (κ1) is 16.1. The third-order valence-electron chi connectivity index (χ3n) is 3.39. The number of aromatic nitrogens is 2. The Morgan fingerprint density at radius 2 is 2.05 bits per heavy atom. The van der Waals surface area contributed by atoms with Gasteiger partial charge >= 0.3 is 0 Å². The van der Waals surface area contributed by atoms with Crippen molar-refractivity contribution in [2.24, 2.45) is 0 Å². The summed E-state index contributed by atoms with van der Waals surface area (Å²) in [4.78, 5) is 23.0. The standard InChI is InChI=1S/C15H19IN4O/c1-3-20(4-2)8-7-18-15(21)13-6-5-11-9-17-10-12(16)14(11)19-13/h5-6,9-10H,3-4,7-8H2,1-2H3,(H,18,21)/i16-2. The van der Waals surface area contributed by atoms with Crippen LogP contribution < -0.4 is 5.32 Å². The molecule has 112 valence electrons. The second kappa shape index (κ2) is 7.65. The van der Waals surface area contributed by atoms with Gasteiger partial charge in [0, 0.05) is 30.9 Å². The average Bonchev–Trinajstić information content (AvgIpc) is 2.51. The molecule has 2 heterocycles. The topological polar surface area (TPSA) is 58.1 Å². The monoisotopic (exact) mass is 396 g/mol. The van der Waals surface area contributed by atoms with E-state index in [0.29, 0.717) is 12.2 Å². The number of hydrogen-bond acceptors (Lipinski definition) is 4. The Labute approximate surface area is 138 Å². The van der Waals surface area contributed by atoms with Gasteiger partial charge in [-0.05, 0) is 47.8 Å². The van der Waals surface area contributed by atoms with Crippen molar-refractivity contribution in [3.05, 3.63) is 33.8 Å². The van der Waals surface area contributed by atoms with Crippen LogP contribution in [0.15, 0.2) is 24.5 Å². The molecule has 0 radical (unpaired) electrons. The molecule has 1 N–H and O–H groups in total. The minimum atomic E-state index is -0.128. The van der Waals surface area contributed by atoms with E-state index in [0.717, 1.165) is 34.1 Å². The van der Waals surface area contributed by atoms with Crippen LogP contribution in [0.25, 0.3) is 10.9 Å². The highest BCUT2D eigenvalue weighted by Crippen LogP contribution is 2.17. The zero-order valence-electron chi connectivity index (χ0n) is 12.3. The molecule has 0 bridgehead atoms. The molecule has 0 aliphatic heterocycles. The van der Waals surface area contributed by atoms with Crippen molar-refractivity contribution in [2.45, 2.75) is 13.8 Å². The van der Waals surface area contributed by atoms with Gasteiger partial charge in [0.15, 0.2) is 0 Å². The molecule has 0 saturated carbocycles. The summed E-state index contributed by atoms with van der Waals surface area (Å²) in [5, 5.41) is 3.87. The fourth-order valence-corrected chi connectivity index (χ4v) is 2.69. The van der Waals surface area contributed by atoms with E-state index in [1.54, 1.807) is 18.5 Å². The third-order valence-corrected chi connectivity index (χ3v) is 4.18. The summed E-state index contributed by atoms with van der Waals surface area (Å²) in [5.41, 5.74) is 1.27. The maximum absolute atomic E-state index is 12.1. The number of likely N-dealkylation sites (N-methyl/N-ethyl adjacent to an activating group) is 1. The number of carbonyl (C=O) groups excluding carboxylic acids is 1. The van der Waals surface area contributed by atoms with Crippen molar-refractivity contribution >= 4 is 39.4 Å². The lowest BCUT2D eigenvalue weighted by Crippen LogP contribution is -2.35. The normalized spacial score (nSPS) is 11.0. The summed E-state index contributed by atoms with van der Waals surface area (Å²) in [6.07, 6.45) is 3.50. The first-order chi connectivity index (χ1) is 10.2. The highest BCUT2D eigenvalue weighted by Gasteiger charge is 2.09. The number of rotatable bonds is 6. The van der Waals surface area contributed by atoms with Gasteiger partial charge in [0.05, 0.1) is 9.09 Å². The van der Waals surface area contributed by atoms with Gasteiger partial charge in [0.25, 0.3) is 5.91 Å². The van der Waals surface area contributed by atoms with Gasteiger partial charge in [0.2, 0.25) is 0 Å². The summed E-state index contributed by atoms with van der Waals surface area (Å²) in [7, 11) is 0. The van der Waals surface area contributed by atoms with Gasteiger partial charge in [-0.15, -0.1) is 0 Å². The Morgan fingerprint density at radius 3 is 2.76 bits per heavy atom. The second-order valence-corrected chi connectivity index (χ2v) is 5.83. The maximum Gasteiger partial charge on any atom is 0.269 e. The molecule has 2 rings (SSSR count). The summed E-state index contributed by atoms with van der Waals surface area (Å²) < 4.78 is 0.947. The minimum absolute atomic E-state index is 0.128. The minimum Gasteiger partial charge on any atom is -0.349 e. The van der Waals surface area contributed by atoms with Gasteiger partial charge in [-0.3, -0.25) is 9.78 Å². The van der Waals surface area contributed by atoms with Crippen LogP contribution in [0.1, 0.15) is 24.3 Å². The van der Waals surface area contributed by atoms with Gasteiger partial charge < -0.3 is 10.2 Å². The molecule has 0 fully saturated rings. The van der Waals surface area contributed by atoms with E-state index in [4.69, 9.17) is 0 Å². The molecule has 0 saturated heterocycles. The van der Waals surface area contributed by atoms with E-state index >= 15 is 0 Å². The summed E-state index contributed by atoms with van der Waals surface area (Å²) in [5.74, 6) is -0.128.